The Morgan fingerprint density at radius 3 is 2.42 bits per heavy atom. The van der Waals surface area contributed by atoms with E-state index in [1.807, 2.05) is 0 Å². The summed E-state index contributed by atoms with van der Waals surface area (Å²) < 4.78 is 21.7. The molecule has 6 N–H and O–H groups in total. The second kappa shape index (κ2) is 8.89. The van der Waals surface area contributed by atoms with Gasteiger partial charge in [0.2, 0.25) is 6.29 Å². The van der Waals surface area contributed by atoms with Crippen LogP contribution in [0, 0.1) is 0 Å². The first-order valence-electron chi connectivity index (χ1n) is 9.89. The van der Waals surface area contributed by atoms with E-state index in [0.29, 0.717) is 5.56 Å². The molecule has 3 aromatic rings. The van der Waals surface area contributed by atoms with Gasteiger partial charge >= 0.3 is 0 Å². The third kappa shape index (κ3) is 4.19. The van der Waals surface area contributed by atoms with E-state index < -0.39 is 42.7 Å². The molecular weight excluding hydrogens is 440 g/mol. The maximum Gasteiger partial charge on any atom is 0.229 e. The van der Waals surface area contributed by atoms with E-state index in [2.05, 4.69) is 0 Å². The summed E-state index contributed by atoms with van der Waals surface area (Å²) in [6.45, 7) is -0.643. The highest BCUT2D eigenvalue weighted by molar-refractivity contribution is 5.86. The van der Waals surface area contributed by atoms with Gasteiger partial charge in [0.15, 0.2) is 16.9 Å². The van der Waals surface area contributed by atoms with Gasteiger partial charge in [-0.2, -0.15) is 0 Å². The zero-order valence-corrected chi connectivity index (χ0v) is 17.3. The molecule has 0 spiro atoms. The van der Waals surface area contributed by atoms with Crippen LogP contribution in [0.3, 0.4) is 0 Å². The largest absolute Gasteiger partial charge is 0.508 e. The van der Waals surface area contributed by atoms with Gasteiger partial charge in [-0.3, -0.25) is 4.79 Å². The Hall–Kier alpha value is -3.35. The smallest absolute Gasteiger partial charge is 0.229 e. The first kappa shape index (κ1) is 22.8. The molecular formula is C22H22O11. The fraction of sp³-hybridized carbons (Fsp3) is 0.318. The molecule has 1 fully saturated rings. The molecule has 33 heavy (non-hydrogen) atoms. The van der Waals surface area contributed by atoms with Crippen LogP contribution in [0.2, 0.25) is 0 Å². The third-order valence-corrected chi connectivity index (χ3v) is 5.34. The van der Waals surface area contributed by atoms with Gasteiger partial charge in [-0.05, 0) is 18.2 Å². The van der Waals surface area contributed by atoms with Gasteiger partial charge in [-0.25, -0.2) is 0 Å². The maximum absolute atomic E-state index is 12.7. The molecule has 11 heteroatoms. The van der Waals surface area contributed by atoms with E-state index in [1.165, 1.54) is 43.5 Å². The Kier molecular flexibility index (Phi) is 6.15. The number of rotatable bonds is 5. The van der Waals surface area contributed by atoms with Gasteiger partial charge in [0.05, 0.1) is 13.7 Å². The third-order valence-electron chi connectivity index (χ3n) is 5.34. The maximum atomic E-state index is 12.7. The van der Waals surface area contributed by atoms with Crippen LogP contribution in [-0.2, 0) is 4.74 Å². The molecule has 11 nitrogen and oxygen atoms in total. The van der Waals surface area contributed by atoms with Crippen molar-refractivity contribution in [2.45, 2.75) is 30.7 Å². The number of aliphatic hydroxyl groups is 4. The predicted octanol–water partition coefficient (Wildman–Crippen LogP) is 0.0585. The molecule has 2 heterocycles. The molecule has 1 aliphatic heterocycles. The van der Waals surface area contributed by atoms with Crippen LogP contribution in [0.15, 0.2) is 45.6 Å². The molecule has 0 saturated carbocycles. The van der Waals surface area contributed by atoms with Crippen LogP contribution >= 0.6 is 0 Å². The van der Waals surface area contributed by atoms with Crippen molar-refractivity contribution in [3.8, 4) is 34.3 Å². The van der Waals surface area contributed by atoms with Crippen molar-refractivity contribution in [2.75, 3.05) is 13.7 Å². The summed E-state index contributed by atoms with van der Waals surface area (Å²) in [5.74, 6) is -0.482. The fourth-order valence-corrected chi connectivity index (χ4v) is 3.59. The van der Waals surface area contributed by atoms with Crippen molar-refractivity contribution in [3.63, 3.8) is 0 Å². The summed E-state index contributed by atoms with van der Waals surface area (Å²) in [6, 6.07) is 7.74. The van der Waals surface area contributed by atoms with Gasteiger partial charge in [-0.1, -0.05) is 0 Å². The summed E-state index contributed by atoms with van der Waals surface area (Å²) in [6.07, 6.45) is -7.62. The number of phenolic OH excluding ortho intramolecular Hbond substituents is 2. The number of fused-ring (bicyclic) bond motifs is 1. The van der Waals surface area contributed by atoms with Crippen LogP contribution in [-0.4, -0.2) is 75.1 Å². The van der Waals surface area contributed by atoms with Gasteiger partial charge < -0.3 is 49.3 Å². The molecule has 1 saturated heterocycles. The highest BCUT2D eigenvalue weighted by atomic mass is 16.7. The second-order valence-corrected chi connectivity index (χ2v) is 7.49. The SMILES string of the molecule is COc1cc(O)cc2oc(-c3ccc(O)c(O[C@@H]4O[C@H](CO)[C@@H](O)[C@H](O)[C@H]4O)c3)cc(=O)c12. The van der Waals surface area contributed by atoms with Crippen molar-refractivity contribution in [3.05, 3.63) is 46.6 Å². The first-order valence-corrected chi connectivity index (χ1v) is 9.89. The summed E-state index contributed by atoms with van der Waals surface area (Å²) in [4.78, 5) is 12.7. The van der Waals surface area contributed by atoms with Crippen molar-refractivity contribution in [1.82, 2.24) is 0 Å². The van der Waals surface area contributed by atoms with Gasteiger partial charge in [0.1, 0.15) is 52.6 Å². The summed E-state index contributed by atoms with van der Waals surface area (Å²) in [5, 5.41) is 59.5. The summed E-state index contributed by atoms with van der Waals surface area (Å²) in [5.41, 5.74) is -0.0693. The number of benzene rings is 2. The molecule has 1 aliphatic rings. The zero-order valence-electron chi connectivity index (χ0n) is 17.3. The van der Waals surface area contributed by atoms with Gasteiger partial charge in [0, 0.05) is 23.8 Å². The van der Waals surface area contributed by atoms with Crippen LogP contribution in [0.25, 0.3) is 22.3 Å². The molecule has 0 unspecified atom stereocenters. The van der Waals surface area contributed by atoms with Gasteiger partial charge in [-0.15, -0.1) is 0 Å². The molecule has 0 amide bonds. The number of aliphatic hydroxyl groups excluding tert-OH is 4. The van der Waals surface area contributed by atoms with E-state index in [-0.39, 0.29) is 39.7 Å². The number of aromatic hydroxyl groups is 2. The van der Waals surface area contributed by atoms with E-state index in [1.54, 1.807) is 0 Å². The highest BCUT2D eigenvalue weighted by Crippen LogP contribution is 2.36. The molecule has 2 aromatic carbocycles. The highest BCUT2D eigenvalue weighted by Gasteiger charge is 2.45. The Morgan fingerprint density at radius 2 is 1.73 bits per heavy atom. The minimum absolute atomic E-state index is 0.0684. The Bertz CT molecular complexity index is 1220. The first-order chi connectivity index (χ1) is 15.7. The zero-order chi connectivity index (χ0) is 23.9. The topological polar surface area (TPSA) is 179 Å². The van der Waals surface area contributed by atoms with E-state index >= 15 is 0 Å². The molecule has 176 valence electrons. The number of ether oxygens (including phenoxy) is 3. The van der Waals surface area contributed by atoms with E-state index in [9.17, 15) is 35.4 Å². The van der Waals surface area contributed by atoms with Crippen LogP contribution < -0.4 is 14.9 Å². The lowest BCUT2D eigenvalue weighted by atomic mass is 9.99. The van der Waals surface area contributed by atoms with Crippen LogP contribution in [0.5, 0.6) is 23.0 Å². The minimum atomic E-state index is -1.68. The standard InChI is InChI=1S/C22H22O11/c1-30-15-5-10(24)6-16-18(15)12(26)7-13(31-16)9-2-3-11(25)14(4-9)32-22-21(29)20(28)19(27)17(8-23)33-22/h2-7,17,19-25,27-29H,8H2,1H3/t17-,19-,20+,21-,22-/m1/s1. The van der Waals surface area contributed by atoms with E-state index in [4.69, 9.17) is 18.6 Å². The average molecular weight is 462 g/mol. The monoisotopic (exact) mass is 462 g/mol. The number of phenols is 2. The van der Waals surface area contributed by atoms with E-state index in [0.717, 1.165) is 0 Å². The second-order valence-electron chi connectivity index (χ2n) is 7.49. The Balaban J connectivity index is 1.71. The molecule has 0 radical (unpaired) electrons. The summed E-state index contributed by atoms with van der Waals surface area (Å²) >= 11 is 0. The van der Waals surface area contributed by atoms with Crippen LogP contribution in [0.1, 0.15) is 0 Å². The molecule has 0 bridgehead atoms. The number of hydrogen-bond acceptors (Lipinski definition) is 11. The Labute approximate surface area is 186 Å². The normalized spacial score (nSPS) is 25.2. The quantitative estimate of drug-likeness (QED) is 0.302. The predicted molar refractivity (Wildman–Crippen MR) is 112 cm³/mol. The molecule has 5 atom stereocenters. The summed E-state index contributed by atoms with van der Waals surface area (Å²) in [7, 11) is 1.35. The van der Waals surface area contributed by atoms with Crippen molar-refractivity contribution < 1.29 is 49.3 Å². The average Bonchev–Trinajstić information content (AvgIpc) is 2.79. The lowest BCUT2D eigenvalue weighted by Crippen LogP contribution is -2.60. The number of hydrogen-bond donors (Lipinski definition) is 6. The fourth-order valence-electron chi connectivity index (χ4n) is 3.59. The lowest BCUT2D eigenvalue weighted by Gasteiger charge is -2.39. The minimum Gasteiger partial charge on any atom is -0.508 e. The Morgan fingerprint density at radius 1 is 0.970 bits per heavy atom. The molecule has 4 rings (SSSR count). The van der Waals surface area contributed by atoms with Gasteiger partial charge in [0.25, 0.3) is 0 Å². The molecule has 1 aromatic heterocycles. The molecule has 0 aliphatic carbocycles. The van der Waals surface area contributed by atoms with Crippen LogP contribution in [0.4, 0.5) is 0 Å². The van der Waals surface area contributed by atoms with Crippen molar-refractivity contribution in [2.24, 2.45) is 0 Å². The number of methoxy groups -OCH3 is 1. The lowest BCUT2D eigenvalue weighted by molar-refractivity contribution is -0.277. The van der Waals surface area contributed by atoms with Crippen molar-refractivity contribution in [1.29, 1.82) is 0 Å². The van der Waals surface area contributed by atoms with Crippen molar-refractivity contribution >= 4 is 11.0 Å².